The molecule has 5 rings (SSSR count). The lowest BCUT2D eigenvalue weighted by atomic mass is 10.1. The molecule has 0 bridgehead atoms. The van der Waals surface area contributed by atoms with Gasteiger partial charge in [-0.05, 0) is 74.2 Å². The summed E-state index contributed by atoms with van der Waals surface area (Å²) in [7, 11) is -3.70. The van der Waals surface area contributed by atoms with Crippen molar-refractivity contribution in [3.8, 4) is 0 Å². The first-order valence-corrected chi connectivity index (χ1v) is 12.0. The summed E-state index contributed by atoms with van der Waals surface area (Å²) >= 11 is 0. The van der Waals surface area contributed by atoms with E-state index in [2.05, 4.69) is 0 Å². The van der Waals surface area contributed by atoms with E-state index in [0.717, 1.165) is 22.5 Å². The van der Waals surface area contributed by atoms with Crippen LogP contribution in [-0.2, 0) is 22.9 Å². The van der Waals surface area contributed by atoms with E-state index in [9.17, 15) is 13.2 Å². The van der Waals surface area contributed by atoms with Gasteiger partial charge in [-0.2, -0.15) is 0 Å². The zero-order valence-electron chi connectivity index (χ0n) is 17.5. The second kappa shape index (κ2) is 7.24. The molecule has 1 amide bonds. The molecule has 3 aromatic carbocycles. The molecule has 5 nitrogen and oxygen atoms in total. The smallest absolute Gasteiger partial charge is 0.264 e. The van der Waals surface area contributed by atoms with Gasteiger partial charge in [0, 0.05) is 23.3 Å². The number of rotatable bonds is 3. The van der Waals surface area contributed by atoms with Gasteiger partial charge in [0.1, 0.15) is 0 Å². The summed E-state index contributed by atoms with van der Waals surface area (Å²) in [5.41, 5.74) is 4.10. The number of fused-ring (bicyclic) bond motifs is 2. The minimum atomic E-state index is -3.70. The van der Waals surface area contributed by atoms with Crippen LogP contribution in [0.3, 0.4) is 0 Å². The van der Waals surface area contributed by atoms with Crippen LogP contribution >= 0.6 is 0 Å². The number of nitrogens with zero attached hydrogens (tertiary/aromatic N) is 2. The minimum absolute atomic E-state index is 0.0351. The zero-order chi connectivity index (χ0) is 21.8. The third-order valence-electron chi connectivity index (χ3n) is 6.21. The molecule has 0 fully saturated rings. The van der Waals surface area contributed by atoms with Crippen LogP contribution in [0, 0.1) is 0 Å². The Labute approximate surface area is 183 Å². The number of hydrogen-bond donors (Lipinski definition) is 0. The molecule has 0 aromatic heterocycles. The van der Waals surface area contributed by atoms with Crippen molar-refractivity contribution in [1.82, 2.24) is 0 Å². The zero-order valence-corrected chi connectivity index (χ0v) is 18.3. The van der Waals surface area contributed by atoms with Crippen molar-refractivity contribution < 1.29 is 13.2 Å². The molecule has 0 aliphatic carbocycles. The van der Waals surface area contributed by atoms with Gasteiger partial charge in [0.2, 0.25) is 0 Å². The molecule has 31 heavy (non-hydrogen) atoms. The van der Waals surface area contributed by atoms with Crippen LogP contribution in [-0.4, -0.2) is 26.4 Å². The summed E-state index contributed by atoms with van der Waals surface area (Å²) < 4.78 is 28.7. The molecule has 2 aliphatic heterocycles. The summed E-state index contributed by atoms with van der Waals surface area (Å²) in [6.45, 7) is 3.93. The van der Waals surface area contributed by atoms with E-state index in [4.69, 9.17) is 0 Å². The molecular weight excluding hydrogens is 408 g/mol. The van der Waals surface area contributed by atoms with Crippen LogP contribution in [0.15, 0.2) is 77.7 Å². The Morgan fingerprint density at radius 2 is 1.48 bits per heavy atom. The molecule has 3 aromatic rings. The summed E-state index contributed by atoms with van der Waals surface area (Å²) in [4.78, 5) is 15.1. The van der Waals surface area contributed by atoms with Crippen LogP contribution in [0.2, 0.25) is 0 Å². The Balaban J connectivity index is 1.52. The number of anilines is 2. The van der Waals surface area contributed by atoms with Crippen LogP contribution < -0.4 is 9.21 Å². The maximum absolute atomic E-state index is 13.6. The fraction of sp³-hybridized carbons (Fsp3) is 0.240. The molecule has 2 aliphatic rings. The number of sulfonamides is 1. The fourth-order valence-electron chi connectivity index (χ4n) is 4.81. The average molecular weight is 433 g/mol. The summed E-state index contributed by atoms with van der Waals surface area (Å²) in [5, 5.41) is 0. The van der Waals surface area contributed by atoms with E-state index in [1.165, 1.54) is 4.31 Å². The molecular formula is C25H24N2O3S. The number of para-hydroxylation sites is 1. The normalized spacial score (nSPS) is 19.9. The standard InChI is InChI=1S/C25H24N2O3S/c1-17-14-21-16-22(12-13-23(21)26(17)25(28)19-8-4-3-5-9-19)31(29,30)27-18(2)15-20-10-6-7-11-24(20)27/h3-13,16-18H,14-15H2,1-2H3/t17-,18-/m1/s1. The molecule has 0 saturated heterocycles. The highest BCUT2D eigenvalue weighted by Crippen LogP contribution is 2.39. The van der Waals surface area contributed by atoms with Gasteiger partial charge in [-0.15, -0.1) is 0 Å². The lowest BCUT2D eigenvalue weighted by Crippen LogP contribution is -2.36. The summed E-state index contributed by atoms with van der Waals surface area (Å²) in [5.74, 6) is -0.0652. The van der Waals surface area contributed by atoms with Gasteiger partial charge in [-0.1, -0.05) is 36.4 Å². The van der Waals surface area contributed by atoms with E-state index in [0.29, 0.717) is 18.4 Å². The quantitative estimate of drug-likeness (QED) is 0.616. The molecule has 0 saturated carbocycles. The molecule has 6 heteroatoms. The average Bonchev–Trinajstić information content (AvgIpc) is 3.28. The SMILES string of the molecule is C[C@@H]1Cc2cc(S(=O)(=O)N3c4ccccc4C[C@H]3C)ccc2N1C(=O)c1ccccc1. The lowest BCUT2D eigenvalue weighted by Gasteiger charge is -2.25. The minimum Gasteiger partial charge on any atom is -0.305 e. The van der Waals surface area contributed by atoms with Gasteiger partial charge in [0.15, 0.2) is 0 Å². The van der Waals surface area contributed by atoms with Crippen LogP contribution in [0.1, 0.15) is 35.3 Å². The summed E-state index contributed by atoms with van der Waals surface area (Å²) in [6.07, 6.45) is 1.33. The molecule has 0 N–H and O–H groups in total. The monoisotopic (exact) mass is 432 g/mol. The van der Waals surface area contributed by atoms with Gasteiger partial charge in [-0.3, -0.25) is 9.10 Å². The van der Waals surface area contributed by atoms with Crippen molar-refractivity contribution in [3.05, 3.63) is 89.5 Å². The number of carbonyl (C=O) groups is 1. The van der Waals surface area contributed by atoms with Crippen molar-refractivity contribution in [2.75, 3.05) is 9.21 Å². The largest absolute Gasteiger partial charge is 0.305 e. The van der Waals surface area contributed by atoms with Crippen molar-refractivity contribution in [2.45, 2.75) is 43.7 Å². The van der Waals surface area contributed by atoms with E-state index >= 15 is 0 Å². The van der Waals surface area contributed by atoms with Crippen LogP contribution in [0.25, 0.3) is 0 Å². The number of benzene rings is 3. The predicted molar refractivity (Wildman–Crippen MR) is 122 cm³/mol. The van der Waals surface area contributed by atoms with Gasteiger partial charge in [-0.25, -0.2) is 8.42 Å². The fourth-order valence-corrected chi connectivity index (χ4v) is 6.56. The Hall–Kier alpha value is -3.12. The number of hydrogen-bond acceptors (Lipinski definition) is 3. The van der Waals surface area contributed by atoms with E-state index in [-0.39, 0.29) is 22.9 Å². The Bertz CT molecular complexity index is 1270. The predicted octanol–water partition coefficient (Wildman–Crippen LogP) is 4.42. The summed E-state index contributed by atoms with van der Waals surface area (Å²) in [6, 6.07) is 21.8. The maximum Gasteiger partial charge on any atom is 0.264 e. The third kappa shape index (κ3) is 3.13. The van der Waals surface area contributed by atoms with Gasteiger partial charge < -0.3 is 4.90 Å². The van der Waals surface area contributed by atoms with Gasteiger partial charge in [0.25, 0.3) is 15.9 Å². The van der Waals surface area contributed by atoms with E-state index in [1.54, 1.807) is 35.2 Å². The third-order valence-corrected chi connectivity index (χ3v) is 8.13. The molecule has 2 heterocycles. The molecule has 0 radical (unpaired) electrons. The van der Waals surface area contributed by atoms with Crippen LogP contribution in [0.5, 0.6) is 0 Å². The first-order chi connectivity index (χ1) is 14.9. The Morgan fingerprint density at radius 1 is 0.806 bits per heavy atom. The molecule has 0 unspecified atom stereocenters. The molecule has 158 valence electrons. The highest BCUT2D eigenvalue weighted by atomic mass is 32.2. The molecule has 0 spiro atoms. The lowest BCUT2D eigenvalue weighted by molar-refractivity contribution is 0.0981. The highest BCUT2D eigenvalue weighted by Gasteiger charge is 2.38. The second-order valence-corrected chi connectivity index (χ2v) is 10.2. The van der Waals surface area contributed by atoms with E-state index in [1.807, 2.05) is 56.3 Å². The van der Waals surface area contributed by atoms with Crippen molar-refractivity contribution in [3.63, 3.8) is 0 Å². The number of amides is 1. The second-order valence-electron chi connectivity index (χ2n) is 8.37. The first kappa shape index (κ1) is 19.8. The van der Waals surface area contributed by atoms with Crippen molar-refractivity contribution in [1.29, 1.82) is 0 Å². The Morgan fingerprint density at radius 3 is 2.26 bits per heavy atom. The highest BCUT2D eigenvalue weighted by molar-refractivity contribution is 7.92. The topological polar surface area (TPSA) is 57.7 Å². The van der Waals surface area contributed by atoms with Crippen LogP contribution in [0.4, 0.5) is 11.4 Å². The van der Waals surface area contributed by atoms with Crippen molar-refractivity contribution >= 4 is 27.3 Å². The maximum atomic E-state index is 13.6. The molecule has 2 atom stereocenters. The first-order valence-electron chi connectivity index (χ1n) is 10.5. The Kier molecular flexibility index (Phi) is 4.63. The van der Waals surface area contributed by atoms with Gasteiger partial charge >= 0.3 is 0 Å². The van der Waals surface area contributed by atoms with Crippen molar-refractivity contribution in [2.24, 2.45) is 0 Å². The van der Waals surface area contributed by atoms with E-state index < -0.39 is 10.0 Å². The number of carbonyl (C=O) groups excluding carboxylic acids is 1. The van der Waals surface area contributed by atoms with Gasteiger partial charge in [0.05, 0.1) is 10.6 Å².